The third-order valence-electron chi connectivity index (χ3n) is 6.79. The van der Waals surface area contributed by atoms with Crippen LogP contribution in [-0.4, -0.2) is 38.2 Å². The van der Waals surface area contributed by atoms with E-state index in [-0.39, 0.29) is 18.0 Å². The number of carbonyl (C=O) groups is 2. The van der Waals surface area contributed by atoms with Gasteiger partial charge in [0.05, 0.1) is 17.7 Å². The number of allylic oxidation sites excluding steroid dienone is 5. The van der Waals surface area contributed by atoms with Crippen LogP contribution in [-0.2, 0) is 11.2 Å². The van der Waals surface area contributed by atoms with Gasteiger partial charge in [0.2, 0.25) is 0 Å². The van der Waals surface area contributed by atoms with Crippen molar-refractivity contribution >= 4 is 57.1 Å². The minimum atomic E-state index is -0.192. The van der Waals surface area contributed by atoms with E-state index in [1.165, 1.54) is 5.57 Å². The molecule has 2 N–H and O–H groups in total. The van der Waals surface area contributed by atoms with Crippen LogP contribution in [0.3, 0.4) is 0 Å². The highest BCUT2D eigenvalue weighted by Crippen LogP contribution is 2.43. The monoisotopic (exact) mass is 551 g/mol. The van der Waals surface area contributed by atoms with Gasteiger partial charge in [-0.05, 0) is 47.8 Å². The summed E-state index contributed by atoms with van der Waals surface area (Å²) in [6.45, 7) is 0.572. The lowest BCUT2D eigenvalue weighted by molar-refractivity contribution is -0.113. The third-order valence-corrected chi connectivity index (χ3v) is 7.86. The lowest BCUT2D eigenvalue weighted by Crippen LogP contribution is -2.25. The summed E-state index contributed by atoms with van der Waals surface area (Å²) in [5.74, 6) is 0.707. The second-order valence-corrected chi connectivity index (χ2v) is 9.62. The van der Waals surface area contributed by atoms with Crippen molar-refractivity contribution in [1.82, 2.24) is 9.97 Å². The number of aromatic amines is 2. The van der Waals surface area contributed by atoms with Crippen LogP contribution in [0.25, 0.3) is 17.2 Å². The number of H-pyrrole nitrogens is 2. The third kappa shape index (κ3) is 3.40. The molecular formula is C26H22IN3O3. The number of ketones is 2. The lowest BCUT2D eigenvalue weighted by atomic mass is 9.79. The second kappa shape index (κ2) is 8.13. The summed E-state index contributed by atoms with van der Waals surface area (Å²) in [5.41, 5.74) is 7.94. The molecule has 6 rings (SSSR count). The van der Waals surface area contributed by atoms with Gasteiger partial charge in [-0.1, -0.05) is 22.6 Å². The van der Waals surface area contributed by atoms with E-state index in [0.29, 0.717) is 41.5 Å². The summed E-state index contributed by atoms with van der Waals surface area (Å²) in [4.78, 5) is 37.8. The first kappa shape index (κ1) is 20.7. The van der Waals surface area contributed by atoms with Gasteiger partial charge in [-0.3, -0.25) is 14.6 Å². The number of fused-ring (bicyclic) bond motifs is 4. The minimum absolute atomic E-state index is 0.144. The molecule has 3 aliphatic carbocycles. The molecule has 0 spiro atoms. The Balaban J connectivity index is 1.76. The molecule has 8 bridgehead atoms. The maximum absolute atomic E-state index is 13.4. The standard InChI is InChI=1S/C26H22IN3O3/c27-11-15-2-1-14-7-19-21-13-28-12-16(21)8-18(14)25(15)29-4-3-17-9-20-22(31)10-23(32)24(19)26(20)30-5-6-33-17/h5-9,12-13,15,28,30H,1-4,10-11H2/b6-5?,17-9?,24-19+,29-25-/t15-/m1/s1. The summed E-state index contributed by atoms with van der Waals surface area (Å²) < 4.78 is 6.80. The van der Waals surface area contributed by atoms with Gasteiger partial charge in [-0.25, -0.2) is 0 Å². The predicted octanol–water partition coefficient (Wildman–Crippen LogP) is 5.29. The van der Waals surface area contributed by atoms with Gasteiger partial charge in [-0.2, -0.15) is 0 Å². The Labute approximate surface area is 204 Å². The average molecular weight is 551 g/mol. The first-order chi connectivity index (χ1) is 16.1. The van der Waals surface area contributed by atoms with Crippen LogP contribution >= 0.6 is 22.6 Å². The fourth-order valence-electron chi connectivity index (χ4n) is 5.19. The zero-order chi connectivity index (χ0) is 22.5. The van der Waals surface area contributed by atoms with Gasteiger partial charge in [0.15, 0.2) is 11.6 Å². The molecule has 1 saturated carbocycles. The Morgan fingerprint density at radius 1 is 1.12 bits per heavy atom. The van der Waals surface area contributed by atoms with Crippen LogP contribution in [0, 0.1) is 5.92 Å². The molecule has 4 aliphatic rings. The highest BCUT2D eigenvalue weighted by Gasteiger charge is 2.34. The van der Waals surface area contributed by atoms with Gasteiger partial charge < -0.3 is 14.4 Å². The van der Waals surface area contributed by atoms with Crippen LogP contribution in [0.4, 0.5) is 0 Å². The van der Waals surface area contributed by atoms with Crippen LogP contribution < -0.4 is 0 Å². The van der Waals surface area contributed by atoms with Crippen molar-refractivity contribution in [2.45, 2.75) is 25.7 Å². The molecule has 1 aliphatic heterocycles. The first-order valence-corrected chi connectivity index (χ1v) is 12.7. The smallest absolute Gasteiger partial charge is 0.173 e. The molecule has 1 fully saturated rings. The van der Waals surface area contributed by atoms with Gasteiger partial charge in [0, 0.05) is 64.3 Å². The van der Waals surface area contributed by atoms with Crippen molar-refractivity contribution in [3.63, 3.8) is 0 Å². The molecule has 33 heavy (non-hydrogen) atoms. The molecule has 2 aromatic rings. The summed E-state index contributed by atoms with van der Waals surface area (Å²) >= 11 is 2.45. The van der Waals surface area contributed by atoms with Crippen molar-refractivity contribution in [1.29, 1.82) is 0 Å². The molecule has 0 aromatic carbocycles. The Hall–Kier alpha value is -2.94. The lowest BCUT2D eigenvalue weighted by Gasteiger charge is -2.28. The van der Waals surface area contributed by atoms with E-state index in [4.69, 9.17) is 9.41 Å². The zero-order valence-corrected chi connectivity index (χ0v) is 20.1. The molecule has 166 valence electrons. The van der Waals surface area contributed by atoms with Crippen molar-refractivity contribution < 1.29 is 14.0 Å². The Morgan fingerprint density at radius 2 is 2.03 bits per heavy atom. The predicted molar refractivity (Wildman–Crippen MR) is 136 cm³/mol. The summed E-state index contributed by atoms with van der Waals surface area (Å²) in [6, 6.07) is 1.78. The van der Waals surface area contributed by atoms with Crippen molar-refractivity contribution in [3.05, 3.63) is 76.3 Å². The van der Waals surface area contributed by atoms with E-state index in [1.54, 1.807) is 18.5 Å². The summed E-state index contributed by atoms with van der Waals surface area (Å²) in [7, 11) is 0. The van der Waals surface area contributed by atoms with Crippen molar-refractivity contribution in [2.24, 2.45) is 10.9 Å². The normalized spacial score (nSPS) is 25.0. The number of nitrogens with zero attached hydrogens (tertiary/aromatic N) is 1. The molecule has 0 saturated heterocycles. The topological polar surface area (TPSA) is 91.2 Å². The Kier molecular flexibility index (Phi) is 5.09. The molecule has 0 radical (unpaired) electrons. The van der Waals surface area contributed by atoms with Gasteiger partial charge >= 0.3 is 0 Å². The molecular weight excluding hydrogens is 529 g/mol. The number of alkyl halides is 1. The highest BCUT2D eigenvalue weighted by atomic mass is 127. The van der Waals surface area contributed by atoms with Gasteiger partial charge in [0.25, 0.3) is 0 Å². The van der Waals surface area contributed by atoms with E-state index in [1.807, 2.05) is 12.4 Å². The maximum Gasteiger partial charge on any atom is 0.173 e. The highest BCUT2D eigenvalue weighted by molar-refractivity contribution is 14.1. The molecule has 1 atom stereocenters. The van der Waals surface area contributed by atoms with E-state index in [2.05, 4.69) is 44.7 Å². The van der Waals surface area contributed by atoms with Crippen LogP contribution in [0.5, 0.6) is 0 Å². The van der Waals surface area contributed by atoms with Gasteiger partial charge in [0.1, 0.15) is 12.0 Å². The Bertz CT molecular complexity index is 1380. The van der Waals surface area contributed by atoms with Gasteiger partial charge in [-0.15, -0.1) is 0 Å². The van der Waals surface area contributed by atoms with E-state index in [9.17, 15) is 9.59 Å². The fraction of sp³-hybridized carbons (Fsp3) is 0.269. The fourth-order valence-corrected chi connectivity index (χ4v) is 6.05. The Morgan fingerprint density at radius 3 is 2.91 bits per heavy atom. The number of rotatable bonds is 1. The van der Waals surface area contributed by atoms with E-state index < -0.39 is 0 Å². The molecule has 3 heterocycles. The quantitative estimate of drug-likeness (QED) is 0.287. The van der Waals surface area contributed by atoms with Crippen LogP contribution in [0.1, 0.15) is 52.2 Å². The number of Topliss-reactive ketones (excluding diaryl/α,β-unsaturated/α-hetero) is 2. The largest absolute Gasteiger partial charge is 0.468 e. The van der Waals surface area contributed by atoms with Crippen molar-refractivity contribution in [3.8, 4) is 0 Å². The molecule has 0 amide bonds. The molecule has 6 nitrogen and oxygen atoms in total. The number of nitrogens with one attached hydrogen (secondary N) is 2. The average Bonchev–Trinajstić information content (AvgIpc) is 3.18. The SMILES string of the molecule is O=C1CC(=O)c2cc3occ[nH]c2/C1=C1\C=C2CC[C@H](CI)/C(=N/CC3)C2=Cc2c[nH]cc21. The number of carbonyl (C=O) groups excluding carboxylic acids is 2. The van der Waals surface area contributed by atoms with E-state index >= 15 is 0 Å². The summed E-state index contributed by atoms with van der Waals surface area (Å²) in [5, 5.41) is 0. The minimum Gasteiger partial charge on any atom is -0.468 e. The zero-order valence-electron chi connectivity index (χ0n) is 17.9. The number of aliphatic imine (C=N–C) groups is 1. The molecule has 0 unspecified atom stereocenters. The van der Waals surface area contributed by atoms with Crippen LogP contribution in [0.15, 0.2) is 57.6 Å². The molecule has 2 aromatic heterocycles. The number of halogens is 1. The first-order valence-electron chi connectivity index (χ1n) is 11.2. The number of hydrogen-bond donors (Lipinski definition) is 2. The number of hydrogen-bond acceptors (Lipinski definition) is 4. The summed E-state index contributed by atoms with van der Waals surface area (Å²) in [6.07, 6.45) is 13.9. The maximum atomic E-state index is 13.4. The second-order valence-electron chi connectivity index (χ2n) is 8.73. The van der Waals surface area contributed by atoms with E-state index in [0.717, 1.165) is 45.3 Å². The van der Waals surface area contributed by atoms with Crippen LogP contribution in [0.2, 0.25) is 0 Å². The molecule has 7 heteroatoms. The number of aromatic nitrogens is 2. The van der Waals surface area contributed by atoms with Crippen molar-refractivity contribution in [2.75, 3.05) is 11.0 Å².